The van der Waals surface area contributed by atoms with Gasteiger partial charge in [-0.2, -0.15) is 0 Å². The van der Waals surface area contributed by atoms with Crippen LogP contribution in [0.15, 0.2) is 36.7 Å². The van der Waals surface area contributed by atoms with Crippen LogP contribution in [0.2, 0.25) is 0 Å². The van der Waals surface area contributed by atoms with Crippen LogP contribution < -0.4 is 10.6 Å². The highest BCUT2D eigenvalue weighted by Gasteiger charge is 2.23. The Kier molecular flexibility index (Phi) is 3.54. The number of nitrogens with two attached hydrogens (primary N) is 1. The number of hydrogen-bond acceptors (Lipinski definition) is 4. The molecule has 1 atom stereocenters. The van der Waals surface area contributed by atoms with Crippen LogP contribution in [-0.4, -0.2) is 23.1 Å². The second-order valence-corrected chi connectivity index (χ2v) is 5.44. The zero-order valence-corrected chi connectivity index (χ0v) is 11.8. The van der Waals surface area contributed by atoms with E-state index in [1.165, 1.54) is 24.0 Å². The Balaban J connectivity index is 1.82. The lowest BCUT2D eigenvalue weighted by atomic mass is 9.88. The number of rotatable bonds is 2. The fraction of sp³-hybridized carbons (Fsp3) is 0.375. The van der Waals surface area contributed by atoms with Gasteiger partial charge < -0.3 is 10.6 Å². The Bertz CT molecular complexity index is 597. The van der Waals surface area contributed by atoms with Crippen molar-refractivity contribution in [2.24, 2.45) is 0 Å². The van der Waals surface area contributed by atoms with Gasteiger partial charge in [0, 0.05) is 19.0 Å². The molecule has 3 rings (SSSR count). The molecule has 1 aliphatic heterocycles. The van der Waals surface area contributed by atoms with E-state index in [9.17, 15) is 0 Å². The average molecular weight is 268 g/mol. The largest absolute Gasteiger partial charge is 0.382 e. The Morgan fingerprint density at radius 2 is 2.10 bits per heavy atom. The highest BCUT2D eigenvalue weighted by atomic mass is 15.2. The van der Waals surface area contributed by atoms with Crippen molar-refractivity contribution in [3.05, 3.63) is 47.8 Å². The molecule has 2 N–H and O–H groups in total. The summed E-state index contributed by atoms with van der Waals surface area (Å²) in [6.45, 7) is 4.21. The first-order valence-electron chi connectivity index (χ1n) is 7.12. The Hall–Kier alpha value is -2.10. The van der Waals surface area contributed by atoms with Gasteiger partial charge in [0.1, 0.15) is 11.6 Å². The van der Waals surface area contributed by atoms with Crippen molar-refractivity contribution in [2.45, 2.75) is 25.7 Å². The van der Waals surface area contributed by atoms with Crippen LogP contribution in [0.25, 0.3) is 0 Å². The number of benzene rings is 1. The molecule has 0 saturated carbocycles. The maximum Gasteiger partial charge on any atom is 0.149 e. The van der Waals surface area contributed by atoms with Crippen molar-refractivity contribution < 1.29 is 0 Å². The van der Waals surface area contributed by atoms with Crippen LogP contribution in [-0.2, 0) is 0 Å². The van der Waals surface area contributed by atoms with Crippen LogP contribution >= 0.6 is 0 Å². The Labute approximate surface area is 119 Å². The van der Waals surface area contributed by atoms with Crippen molar-refractivity contribution in [1.29, 1.82) is 0 Å². The van der Waals surface area contributed by atoms with Crippen molar-refractivity contribution in [3.63, 3.8) is 0 Å². The van der Waals surface area contributed by atoms with E-state index in [0.717, 1.165) is 18.9 Å². The molecule has 2 heterocycles. The predicted molar refractivity (Wildman–Crippen MR) is 81.8 cm³/mol. The first-order chi connectivity index (χ1) is 9.74. The molecule has 4 heteroatoms. The molecule has 1 fully saturated rings. The molecule has 0 radical (unpaired) electrons. The maximum atomic E-state index is 5.73. The summed E-state index contributed by atoms with van der Waals surface area (Å²) in [6, 6.07) is 8.66. The molecule has 1 aromatic heterocycles. The highest BCUT2D eigenvalue weighted by molar-refractivity contribution is 5.43. The fourth-order valence-corrected chi connectivity index (χ4v) is 3.01. The summed E-state index contributed by atoms with van der Waals surface area (Å²) >= 11 is 0. The van der Waals surface area contributed by atoms with Crippen LogP contribution in [0.5, 0.6) is 0 Å². The third-order valence-electron chi connectivity index (χ3n) is 4.01. The summed E-state index contributed by atoms with van der Waals surface area (Å²) in [7, 11) is 0. The second kappa shape index (κ2) is 5.49. The minimum atomic E-state index is 0.487. The van der Waals surface area contributed by atoms with E-state index in [-0.39, 0.29) is 0 Å². The first kappa shape index (κ1) is 12.9. The zero-order chi connectivity index (χ0) is 13.9. The van der Waals surface area contributed by atoms with Gasteiger partial charge in [-0.1, -0.05) is 24.3 Å². The smallest absolute Gasteiger partial charge is 0.149 e. The standard InChI is InChI=1S/C16H20N4/c1-12-5-2-3-7-14(12)13-6-4-8-20(11-13)16-10-18-9-15(17)19-16/h2-3,5,7,9-10,13H,4,6,8,11H2,1H3,(H2,17,19). The van der Waals surface area contributed by atoms with Gasteiger partial charge in [0.25, 0.3) is 0 Å². The molecular weight excluding hydrogens is 248 g/mol. The summed E-state index contributed by atoms with van der Waals surface area (Å²) < 4.78 is 0. The minimum absolute atomic E-state index is 0.487. The van der Waals surface area contributed by atoms with Crippen LogP contribution in [0.1, 0.15) is 29.9 Å². The van der Waals surface area contributed by atoms with E-state index in [1.807, 2.05) is 0 Å². The molecule has 4 nitrogen and oxygen atoms in total. The quantitative estimate of drug-likeness (QED) is 0.910. The van der Waals surface area contributed by atoms with E-state index < -0.39 is 0 Å². The summed E-state index contributed by atoms with van der Waals surface area (Å²) in [5.41, 5.74) is 8.56. The number of anilines is 2. The second-order valence-electron chi connectivity index (χ2n) is 5.44. The Morgan fingerprint density at radius 1 is 1.25 bits per heavy atom. The third kappa shape index (κ3) is 2.59. The van der Waals surface area contributed by atoms with Crippen molar-refractivity contribution >= 4 is 11.6 Å². The van der Waals surface area contributed by atoms with E-state index >= 15 is 0 Å². The lowest BCUT2D eigenvalue weighted by Gasteiger charge is -2.34. The topological polar surface area (TPSA) is 55.0 Å². The number of nitrogens with zero attached hydrogens (tertiary/aromatic N) is 3. The number of nitrogen functional groups attached to an aromatic ring is 1. The molecule has 104 valence electrons. The summed E-state index contributed by atoms with van der Waals surface area (Å²) in [4.78, 5) is 10.8. The number of aryl methyl sites for hydroxylation is 1. The van der Waals surface area contributed by atoms with Gasteiger partial charge in [-0.25, -0.2) is 4.98 Å². The molecule has 0 amide bonds. The summed E-state index contributed by atoms with van der Waals surface area (Å²) in [6.07, 6.45) is 5.80. The monoisotopic (exact) mass is 268 g/mol. The molecule has 1 aliphatic rings. The van der Waals surface area contributed by atoms with Crippen LogP contribution in [0, 0.1) is 6.92 Å². The molecule has 0 bridgehead atoms. The first-order valence-corrected chi connectivity index (χ1v) is 7.12. The predicted octanol–water partition coefficient (Wildman–Crippen LogP) is 2.75. The fourth-order valence-electron chi connectivity index (χ4n) is 3.01. The normalized spacial score (nSPS) is 19.1. The number of aromatic nitrogens is 2. The van der Waals surface area contributed by atoms with Crippen molar-refractivity contribution in [3.8, 4) is 0 Å². The summed E-state index contributed by atoms with van der Waals surface area (Å²) in [5, 5.41) is 0. The lowest BCUT2D eigenvalue weighted by Crippen LogP contribution is -2.35. The van der Waals surface area contributed by atoms with Crippen molar-refractivity contribution in [1.82, 2.24) is 9.97 Å². The van der Waals surface area contributed by atoms with Gasteiger partial charge in [0.2, 0.25) is 0 Å². The highest BCUT2D eigenvalue weighted by Crippen LogP contribution is 2.30. The van der Waals surface area contributed by atoms with Gasteiger partial charge in [0.15, 0.2) is 0 Å². The van der Waals surface area contributed by atoms with Crippen LogP contribution in [0.3, 0.4) is 0 Å². The number of hydrogen-bond donors (Lipinski definition) is 1. The Morgan fingerprint density at radius 3 is 2.90 bits per heavy atom. The van der Waals surface area contributed by atoms with Crippen molar-refractivity contribution in [2.75, 3.05) is 23.7 Å². The van der Waals surface area contributed by atoms with Gasteiger partial charge in [0.05, 0.1) is 12.4 Å². The van der Waals surface area contributed by atoms with E-state index in [1.54, 1.807) is 12.4 Å². The van der Waals surface area contributed by atoms with Gasteiger partial charge >= 0.3 is 0 Å². The average Bonchev–Trinajstić information content (AvgIpc) is 2.48. The molecular formula is C16H20N4. The molecule has 20 heavy (non-hydrogen) atoms. The molecule has 1 aromatic carbocycles. The number of piperidine rings is 1. The SMILES string of the molecule is Cc1ccccc1C1CCCN(c2cncc(N)n2)C1. The van der Waals surface area contributed by atoms with Gasteiger partial charge in [-0.05, 0) is 30.9 Å². The van der Waals surface area contributed by atoms with E-state index in [4.69, 9.17) is 5.73 Å². The van der Waals surface area contributed by atoms with Gasteiger partial charge in [-0.3, -0.25) is 4.98 Å². The van der Waals surface area contributed by atoms with E-state index in [2.05, 4.69) is 46.1 Å². The molecule has 1 saturated heterocycles. The molecule has 1 unspecified atom stereocenters. The van der Waals surface area contributed by atoms with Gasteiger partial charge in [-0.15, -0.1) is 0 Å². The molecule has 2 aromatic rings. The summed E-state index contributed by atoms with van der Waals surface area (Å²) in [5.74, 6) is 1.94. The molecule has 0 spiro atoms. The zero-order valence-electron chi connectivity index (χ0n) is 11.8. The molecule has 0 aliphatic carbocycles. The van der Waals surface area contributed by atoms with Crippen LogP contribution in [0.4, 0.5) is 11.6 Å². The van der Waals surface area contributed by atoms with E-state index in [0.29, 0.717) is 11.7 Å². The minimum Gasteiger partial charge on any atom is -0.382 e. The third-order valence-corrected chi connectivity index (χ3v) is 4.01. The lowest BCUT2D eigenvalue weighted by molar-refractivity contribution is 0.505. The maximum absolute atomic E-state index is 5.73.